The monoisotopic (exact) mass is 455 g/mol. The van der Waals surface area contributed by atoms with E-state index >= 15 is 0 Å². The first-order chi connectivity index (χ1) is 14.2. The van der Waals surface area contributed by atoms with Crippen LogP contribution in [0.2, 0.25) is 0 Å². The smallest absolute Gasteiger partial charge is 0.243 e. The third-order valence-corrected chi connectivity index (χ3v) is 9.53. The minimum absolute atomic E-state index is 0.0752. The molecule has 10 heteroatoms. The average molecular weight is 456 g/mol. The standard InChI is InChI=1S/C20H29N3O5S2/c1-29(25,26)22-12-5-6-17(15-22)20(24)23-13-9-16-14-18(7-8-19(16)23)30(27,28)21-10-3-2-4-11-21/h7-8,14,17H,2-6,9-13,15H2,1H3. The molecule has 3 aliphatic heterocycles. The van der Waals surface area contributed by atoms with Crippen LogP contribution in [0.15, 0.2) is 23.1 Å². The molecule has 166 valence electrons. The molecule has 4 rings (SSSR count). The van der Waals surface area contributed by atoms with E-state index in [4.69, 9.17) is 0 Å². The number of anilines is 1. The van der Waals surface area contributed by atoms with Gasteiger partial charge in [-0.1, -0.05) is 6.42 Å². The van der Waals surface area contributed by atoms with Crippen molar-refractivity contribution in [1.82, 2.24) is 8.61 Å². The quantitative estimate of drug-likeness (QED) is 0.684. The maximum atomic E-state index is 13.1. The van der Waals surface area contributed by atoms with Gasteiger partial charge < -0.3 is 4.90 Å². The second-order valence-electron chi connectivity index (χ2n) is 8.46. The summed E-state index contributed by atoms with van der Waals surface area (Å²) in [6, 6.07) is 5.03. The number of amides is 1. The van der Waals surface area contributed by atoms with Crippen molar-refractivity contribution in [3.63, 3.8) is 0 Å². The molecule has 30 heavy (non-hydrogen) atoms. The van der Waals surface area contributed by atoms with E-state index in [0.29, 0.717) is 50.3 Å². The number of hydrogen-bond donors (Lipinski definition) is 0. The molecule has 0 saturated carbocycles. The van der Waals surface area contributed by atoms with E-state index in [0.717, 1.165) is 30.5 Å². The molecule has 3 aliphatic rings. The summed E-state index contributed by atoms with van der Waals surface area (Å²) in [5, 5.41) is 0. The van der Waals surface area contributed by atoms with Crippen molar-refractivity contribution in [2.45, 2.75) is 43.4 Å². The van der Waals surface area contributed by atoms with E-state index in [1.54, 1.807) is 27.4 Å². The normalized spacial score (nSPS) is 24.0. The van der Waals surface area contributed by atoms with Crippen LogP contribution < -0.4 is 4.90 Å². The lowest BCUT2D eigenvalue weighted by Gasteiger charge is -2.32. The number of piperidine rings is 2. The number of nitrogens with zero attached hydrogens (tertiary/aromatic N) is 3. The first-order valence-electron chi connectivity index (χ1n) is 10.6. The summed E-state index contributed by atoms with van der Waals surface area (Å²) < 4.78 is 52.6. The zero-order chi connectivity index (χ0) is 21.5. The van der Waals surface area contributed by atoms with Crippen LogP contribution in [0.1, 0.15) is 37.7 Å². The number of rotatable bonds is 4. The largest absolute Gasteiger partial charge is 0.312 e. The van der Waals surface area contributed by atoms with Crippen LogP contribution in [0, 0.1) is 5.92 Å². The Morgan fingerprint density at radius 3 is 2.33 bits per heavy atom. The molecule has 1 atom stereocenters. The highest BCUT2D eigenvalue weighted by molar-refractivity contribution is 7.89. The lowest BCUT2D eigenvalue weighted by atomic mass is 9.98. The van der Waals surface area contributed by atoms with Crippen molar-refractivity contribution in [2.75, 3.05) is 43.9 Å². The number of sulfonamides is 2. The summed E-state index contributed by atoms with van der Waals surface area (Å²) in [4.78, 5) is 15.1. The van der Waals surface area contributed by atoms with Crippen LogP contribution in [0.5, 0.6) is 0 Å². The molecule has 0 spiro atoms. The number of carbonyl (C=O) groups excluding carboxylic acids is 1. The van der Waals surface area contributed by atoms with E-state index in [1.807, 2.05) is 0 Å². The lowest BCUT2D eigenvalue weighted by molar-refractivity contribution is -0.123. The Kier molecular flexibility index (Phi) is 5.95. The van der Waals surface area contributed by atoms with E-state index in [2.05, 4.69) is 0 Å². The van der Waals surface area contributed by atoms with Crippen LogP contribution in [-0.4, -0.2) is 70.3 Å². The fourth-order valence-corrected chi connectivity index (χ4v) is 7.17. The molecule has 0 aromatic heterocycles. The van der Waals surface area contributed by atoms with Crippen molar-refractivity contribution in [1.29, 1.82) is 0 Å². The molecular formula is C20H29N3O5S2. The van der Waals surface area contributed by atoms with Crippen LogP contribution in [-0.2, 0) is 31.3 Å². The zero-order valence-corrected chi connectivity index (χ0v) is 18.9. The van der Waals surface area contributed by atoms with Crippen LogP contribution in [0.3, 0.4) is 0 Å². The van der Waals surface area contributed by atoms with Gasteiger partial charge in [-0.25, -0.2) is 21.1 Å². The summed E-state index contributed by atoms with van der Waals surface area (Å²) in [5.74, 6) is -0.440. The molecule has 3 heterocycles. The fourth-order valence-electron chi connectivity index (χ4n) is 4.69. The summed E-state index contributed by atoms with van der Waals surface area (Å²) in [5.41, 5.74) is 1.60. The highest BCUT2D eigenvalue weighted by Gasteiger charge is 2.36. The van der Waals surface area contributed by atoms with Crippen molar-refractivity contribution in [3.05, 3.63) is 23.8 Å². The third-order valence-electron chi connectivity index (χ3n) is 6.37. The Morgan fingerprint density at radius 1 is 0.933 bits per heavy atom. The van der Waals surface area contributed by atoms with Crippen molar-refractivity contribution in [3.8, 4) is 0 Å². The summed E-state index contributed by atoms with van der Waals surface area (Å²) in [6.45, 7) is 2.28. The van der Waals surface area contributed by atoms with Gasteiger partial charge in [-0.3, -0.25) is 4.79 Å². The van der Waals surface area contributed by atoms with Gasteiger partial charge in [-0.2, -0.15) is 4.31 Å². The molecule has 1 amide bonds. The van der Waals surface area contributed by atoms with Crippen molar-refractivity contribution >= 4 is 31.6 Å². The van der Waals surface area contributed by atoms with Gasteiger partial charge in [-0.15, -0.1) is 0 Å². The van der Waals surface area contributed by atoms with E-state index in [9.17, 15) is 21.6 Å². The lowest BCUT2D eigenvalue weighted by Crippen LogP contribution is -2.46. The molecular weight excluding hydrogens is 426 g/mol. The summed E-state index contributed by atoms with van der Waals surface area (Å²) >= 11 is 0. The molecule has 2 fully saturated rings. The molecule has 1 aromatic carbocycles. The SMILES string of the molecule is CS(=O)(=O)N1CCCC(C(=O)N2CCc3cc(S(=O)(=O)N4CCCCC4)ccc32)C1. The Hall–Kier alpha value is -1.49. The maximum absolute atomic E-state index is 13.1. The predicted molar refractivity (Wildman–Crippen MR) is 114 cm³/mol. The Bertz CT molecular complexity index is 1030. The van der Waals surface area contributed by atoms with E-state index in [-0.39, 0.29) is 18.4 Å². The highest BCUT2D eigenvalue weighted by Crippen LogP contribution is 2.34. The van der Waals surface area contributed by atoms with Crippen molar-refractivity contribution < 1.29 is 21.6 Å². The van der Waals surface area contributed by atoms with E-state index in [1.165, 1.54) is 10.6 Å². The topological polar surface area (TPSA) is 95.1 Å². The predicted octanol–water partition coefficient (Wildman–Crippen LogP) is 1.42. The Labute approximate surface area is 178 Å². The van der Waals surface area contributed by atoms with Crippen LogP contribution in [0.25, 0.3) is 0 Å². The molecule has 2 saturated heterocycles. The van der Waals surface area contributed by atoms with Gasteiger partial charge in [0, 0.05) is 38.4 Å². The third kappa shape index (κ3) is 4.15. The first kappa shape index (κ1) is 21.7. The molecule has 0 bridgehead atoms. The molecule has 1 aromatic rings. The van der Waals surface area contributed by atoms with Gasteiger partial charge in [0.1, 0.15) is 0 Å². The molecule has 8 nitrogen and oxygen atoms in total. The molecule has 0 aliphatic carbocycles. The number of carbonyl (C=O) groups is 1. The second-order valence-corrected chi connectivity index (χ2v) is 12.4. The van der Waals surface area contributed by atoms with Gasteiger partial charge in [-0.05, 0) is 55.9 Å². The Morgan fingerprint density at radius 2 is 1.63 bits per heavy atom. The van der Waals surface area contributed by atoms with Gasteiger partial charge in [0.05, 0.1) is 17.1 Å². The fraction of sp³-hybridized carbons (Fsp3) is 0.650. The minimum Gasteiger partial charge on any atom is -0.312 e. The van der Waals surface area contributed by atoms with Crippen molar-refractivity contribution in [2.24, 2.45) is 5.92 Å². The molecule has 0 radical (unpaired) electrons. The number of hydrogen-bond acceptors (Lipinski definition) is 5. The van der Waals surface area contributed by atoms with Gasteiger partial charge in [0.25, 0.3) is 0 Å². The molecule has 1 unspecified atom stereocenters. The van der Waals surface area contributed by atoms with Gasteiger partial charge >= 0.3 is 0 Å². The number of benzene rings is 1. The summed E-state index contributed by atoms with van der Waals surface area (Å²) in [6.07, 6.45) is 5.94. The summed E-state index contributed by atoms with van der Waals surface area (Å²) in [7, 11) is -6.83. The van der Waals surface area contributed by atoms with Gasteiger partial charge in [0.2, 0.25) is 26.0 Å². The van der Waals surface area contributed by atoms with E-state index < -0.39 is 20.0 Å². The maximum Gasteiger partial charge on any atom is 0.243 e. The Balaban J connectivity index is 1.53. The first-order valence-corrected chi connectivity index (χ1v) is 13.9. The average Bonchev–Trinajstić information content (AvgIpc) is 3.16. The molecule has 0 N–H and O–H groups in total. The van der Waals surface area contributed by atoms with Crippen LogP contribution >= 0.6 is 0 Å². The zero-order valence-electron chi connectivity index (χ0n) is 17.3. The number of fused-ring (bicyclic) bond motifs is 1. The minimum atomic E-state index is -3.51. The highest BCUT2D eigenvalue weighted by atomic mass is 32.2. The van der Waals surface area contributed by atoms with Gasteiger partial charge in [0.15, 0.2) is 0 Å². The van der Waals surface area contributed by atoms with Crippen LogP contribution in [0.4, 0.5) is 5.69 Å². The second kappa shape index (κ2) is 8.22.